The van der Waals surface area contributed by atoms with Crippen molar-refractivity contribution in [1.29, 1.82) is 0 Å². The molecule has 0 aliphatic carbocycles. The predicted octanol–water partition coefficient (Wildman–Crippen LogP) is 3.67. The summed E-state index contributed by atoms with van der Waals surface area (Å²) in [5, 5.41) is 4.23. The number of ketones is 1. The van der Waals surface area contributed by atoms with Gasteiger partial charge in [0.15, 0.2) is 5.78 Å². The van der Waals surface area contributed by atoms with E-state index >= 15 is 0 Å². The Labute approximate surface area is 114 Å². The van der Waals surface area contributed by atoms with Gasteiger partial charge in [0.05, 0.1) is 0 Å². The summed E-state index contributed by atoms with van der Waals surface area (Å²) in [5.41, 5.74) is 1.80. The maximum atomic E-state index is 12.7. The molecule has 1 heterocycles. The lowest BCUT2D eigenvalue weighted by atomic mass is 9.90. The molecule has 100 valence electrons. The smallest absolute Gasteiger partial charge is 0.188 e. The standard InChI is InChI=1S/C16H20N2O/c1-3-12-18-15(10-11-17-18)16(19)14(4-2)13-8-6-5-7-9-13/h5-11,14H,3-4,12H2,1-2H3. The van der Waals surface area contributed by atoms with Crippen molar-refractivity contribution in [2.45, 2.75) is 39.2 Å². The summed E-state index contributed by atoms with van der Waals surface area (Å²) in [5.74, 6) is 0.0909. The second-order valence-electron chi connectivity index (χ2n) is 4.68. The fourth-order valence-corrected chi connectivity index (χ4v) is 2.37. The van der Waals surface area contributed by atoms with Crippen LogP contribution in [0.3, 0.4) is 0 Å². The van der Waals surface area contributed by atoms with Gasteiger partial charge in [-0.05, 0) is 24.5 Å². The molecule has 0 N–H and O–H groups in total. The van der Waals surface area contributed by atoms with Crippen LogP contribution in [0.25, 0.3) is 0 Å². The molecule has 0 spiro atoms. The van der Waals surface area contributed by atoms with Crippen molar-refractivity contribution < 1.29 is 4.79 Å². The molecule has 0 fully saturated rings. The van der Waals surface area contributed by atoms with Gasteiger partial charge in [0.2, 0.25) is 0 Å². The fraction of sp³-hybridized carbons (Fsp3) is 0.375. The predicted molar refractivity (Wildman–Crippen MR) is 76.3 cm³/mol. The number of carbonyl (C=O) groups is 1. The highest BCUT2D eigenvalue weighted by Gasteiger charge is 2.22. The highest BCUT2D eigenvalue weighted by atomic mass is 16.1. The van der Waals surface area contributed by atoms with Crippen LogP contribution < -0.4 is 0 Å². The van der Waals surface area contributed by atoms with E-state index in [1.54, 1.807) is 6.20 Å². The number of aromatic nitrogens is 2. The monoisotopic (exact) mass is 256 g/mol. The molecule has 1 aromatic heterocycles. The molecule has 1 aromatic carbocycles. The number of Topliss-reactive ketones (excluding diaryl/α,β-unsaturated/α-hetero) is 1. The van der Waals surface area contributed by atoms with Gasteiger partial charge in [0, 0.05) is 18.7 Å². The Hall–Kier alpha value is -1.90. The first-order valence-electron chi connectivity index (χ1n) is 6.88. The largest absolute Gasteiger partial charge is 0.292 e. The van der Waals surface area contributed by atoms with E-state index in [1.165, 1.54) is 0 Å². The molecule has 0 saturated carbocycles. The van der Waals surface area contributed by atoms with E-state index < -0.39 is 0 Å². The zero-order valence-electron chi connectivity index (χ0n) is 11.5. The average molecular weight is 256 g/mol. The van der Waals surface area contributed by atoms with Crippen molar-refractivity contribution in [2.75, 3.05) is 0 Å². The molecular formula is C16H20N2O. The Morgan fingerprint density at radius 1 is 1.21 bits per heavy atom. The van der Waals surface area contributed by atoms with Crippen LogP contribution in [0.4, 0.5) is 0 Å². The summed E-state index contributed by atoms with van der Waals surface area (Å²) >= 11 is 0. The minimum absolute atomic E-state index is 0.0755. The molecule has 1 unspecified atom stereocenters. The minimum Gasteiger partial charge on any atom is -0.292 e. The molecule has 3 nitrogen and oxygen atoms in total. The van der Waals surface area contributed by atoms with Gasteiger partial charge >= 0.3 is 0 Å². The first-order chi connectivity index (χ1) is 9.27. The van der Waals surface area contributed by atoms with Crippen molar-refractivity contribution in [3.8, 4) is 0 Å². The maximum Gasteiger partial charge on any atom is 0.188 e. The summed E-state index contributed by atoms with van der Waals surface area (Å²) in [7, 11) is 0. The molecule has 19 heavy (non-hydrogen) atoms. The molecule has 1 atom stereocenters. The Kier molecular flexibility index (Phi) is 4.50. The van der Waals surface area contributed by atoms with Crippen molar-refractivity contribution in [3.63, 3.8) is 0 Å². The number of hydrogen-bond acceptors (Lipinski definition) is 2. The third-order valence-corrected chi connectivity index (χ3v) is 3.33. The lowest BCUT2D eigenvalue weighted by Crippen LogP contribution is -2.17. The summed E-state index contributed by atoms with van der Waals surface area (Å²) in [4.78, 5) is 12.7. The second-order valence-corrected chi connectivity index (χ2v) is 4.68. The third-order valence-electron chi connectivity index (χ3n) is 3.33. The minimum atomic E-state index is -0.0755. The first kappa shape index (κ1) is 13.5. The van der Waals surface area contributed by atoms with E-state index in [0.29, 0.717) is 0 Å². The number of nitrogens with zero attached hydrogens (tertiary/aromatic N) is 2. The zero-order chi connectivity index (χ0) is 13.7. The molecule has 0 amide bonds. The van der Waals surface area contributed by atoms with Gasteiger partial charge in [-0.2, -0.15) is 5.10 Å². The quantitative estimate of drug-likeness (QED) is 0.739. The molecule has 0 bridgehead atoms. The van der Waals surface area contributed by atoms with Crippen molar-refractivity contribution >= 4 is 5.78 Å². The first-order valence-corrected chi connectivity index (χ1v) is 6.88. The second kappa shape index (κ2) is 6.32. The van der Waals surface area contributed by atoms with Crippen LogP contribution >= 0.6 is 0 Å². The number of hydrogen-bond donors (Lipinski definition) is 0. The van der Waals surface area contributed by atoms with Gasteiger partial charge in [0.1, 0.15) is 5.69 Å². The topological polar surface area (TPSA) is 34.9 Å². The normalized spacial score (nSPS) is 12.3. The molecule has 2 aromatic rings. The molecule has 0 aliphatic heterocycles. The van der Waals surface area contributed by atoms with E-state index in [1.807, 2.05) is 41.1 Å². The van der Waals surface area contributed by atoms with Crippen molar-refractivity contribution in [1.82, 2.24) is 9.78 Å². The van der Waals surface area contributed by atoms with Crippen LogP contribution in [0.1, 0.15) is 48.7 Å². The third kappa shape index (κ3) is 2.92. The Bertz CT molecular complexity index is 531. The van der Waals surface area contributed by atoms with Crippen LogP contribution in [0.5, 0.6) is 0 Å². The molecule has 3 heteroatoms. The Morgan fingerprint density at radius 3 is 2.58 bits per heavy atom. The van der Waals surface area contributed by atoms with Gasteiger partial charge in [-0.1, -0.05) is 44.2 Å². The summed E-state index contributed by atoms with van der Waals surface area (Å²) in [6.07, 6.45) is 3.49. The van der Waals surface area contributed by atoms with E-state index in [-0.39, 0.29) is 11.7 Å². The number of carbonyl (C=O) groups excluding carboxylic acids is 1. The molecule has 2 rings (SSSR count). The van der Waals surface area contributed by atoms with Crippen LogP contribution in [0.2, 0.25) is 0 Å². The SMILES string of the molecule is CCCn1nccc1C(=O)C(CC)c1ccccc1. The van der Waals surface area contributed by atoms with Gasteiger partial charge in [0.25, 0.3) is 0 Å². The van der Waals surface area contributed by atoms with Crippen LogP contribution in [-0.4, -0.2) is 15.6 Å². The Morgan fingerprint density at radius 2 is 1.95 bits per heavy atom. The molecular weight excluding hydrogens is 236 g/mol. The lowest BCUT2D eigenvalue weighted by Gasteiger charge is -2.15. The van der Waals surface area contributed by atoms with Crippen molar-refractivity contribution in [2.24, 2.45) is 0 Å². The van der Waals surface area contributed by atoms with Gasteiger partial charge < -0.3 is 0 Å². The average Bonchev–Trinajstić information content (AvgIpc) is 2.89. The summed E-state index contributed by atoms with van der Waals surface area (Å²) in [6.45, 7) is 4.93. The van der Waals surface area contributed by atoms with Gasteiger partial charge in [-0.15, -0.1) is 0 Å². The number of aryl methyl sites for hydroxylation is 1. The summed E-state index contributed by atoms with van der Waals surface area (Å²) in [6, 6.07) is 11.8. The van der Waals surface area contributed by atoms with E-state index in [4.69, 9.17) is 0 Å². The highest BCUT2D eigenvalue weighted by molar-refractivity contribution is 5.99. The molecule has 0 aliphatic rings. The highest BCUT2D eigenvalue weighted by Crippen LogP contribution is 2.24. The van der Waals surface area contributed by atoms with E-state index in [2.05, 4.69) is 18.9 Å². The van der Waals surface area contributed by atoms with Gasteiger partial charge in [-0.25, -0.2) is 0 Å². The van der Waals surface area contributed by atoms with Crippen LogP contribution in [-0.2, 0) is 6.54 Å². The van der Waals surface area contributed by atoms with E-state index in [0.717, 1.165) is 30.6 Å². The maximum absolute atomic E-state index is 12.7. The molecule has 0 saturated heterocycles. The number of rotatable bonds is 6. The van der Waals surface area contributed by atoms with E-state index in [9.17, 15) is 4.79 Å². The Balaban J connectivity index is 2.28. The lowest BCUT2D eigenvalue weighted by molar-refractivity contribution is 0.0946. The zero-order valence-corrected chi connectivity index (χ0v) is 11.5. The van der Waals surface area contributed by atoms with Crippen LogP contribution in [0, 0.1) is 0 Å². The summed E-state index contributed by atoms with van der Waals surface area (Å²) < 4.78 is 1.81. The van der Waals surface area contributed by atoms with Gasteiger partial charge in [-0.3, -0.25) is 9.48 Å². The number of benzene rings is 1. The van der Waals surface area contributed by atoms with Crippen LogP contribution in [0.15, 0.2) is 42.6 Å². The van der Waals surface area contributed by atoms with Crippen molar-refractivity contribution in [3.05, 3.63) is 53.9 Å². The fourth-order valence-electron chi connectivity index (χ4n) is 2.37. The molecule has 0 radical (unpaired) electrons.